The number of H-pyrrole nitrogens is 1. The molecule has 0 saturated heterocycles. The monoisotopic (exact) mass is 196 g/mol. The second-order valence-corrected chi connectivity index (χ2v) is 3.51. The first kappa shape index (κ1) is 10.4. The van der Waals surface area contributed by atoms with E-state index in [-0.39, 0.29) is 11.5 Å². The molecule has 0 amide bonds. The topological polar surface area (TPSA) is 71.9 Å². The van der Waals surface area contributed by atoms with Crippen molar-refractivity contribution in [2.45, 2.75) is 20.4 Å². The van der Waals surface area contributed by atoms with E-state index in [0.29, 0.717) is 12.8 Å². The van der Waals surface area contributed by atoms with Crippen molar-refractivity contribution in [2.24, 2.45) is 5.92 Å². The lowest BCUT2D eigenvalue weighted by Crippen LogP contribution is -2.32. The third-order valence-electron chi connectivity index (χ3n) is 1.73. The van der Waals surface area contributed by atoms with Crippen molar-refractivity contribution in [2.75, 3.05) is 0 Å². The first-order valence-corrected chi connectivity index (χ1v) is 4.33. The van der Waals surface area contributed by atoms with E-state index in [1.54, 1.807) is 0 Å². The van der Waals surface area contributed by atoms with E-state index >= 15 is 0 Å². The Morgan fingerprint density at radius 2 is 2.14 bits per heavy atom. The molecule has 0 radical (unpaired) electrons. The molecule has 1 heterocycles. The minimum Gasteiger partial charge on any atom is -0.300 e. The van der Waals surface area contributed by atoms with Crippen LogP contribution in [0.4, 0.5) is 0 Å². The van der Waals surface area contributed by atoms with Crippen molar-refractivity contribution in [3.63, 3.8) is 0 Å². The van der Waals surface area contributed by atoms with Crippen LogP contribution in [0.5, 0.6) is 0 Å². The summed E-state index contributed by atoms with van der Waals surface area (Å²) in [7, 11) is 0. The lowest BCUT2D eigenvalue weighted by molar-refractivity contribution is 0.112. The Hall–Kier alpha value is -1.65. The normalized spacial score (nSPS) is 10.5. The Labute approximate surface area is 80.4 Å². The van der Waals surface area contributed by atoms with Gasteiger partial charge in [0.25, 0.3) is 5.56 Å². The molecular formula is C9H12N2O3. The Morgan fingerprint density at radius 3 is 2.64 bits per heavy atom. The number of hydrogen-bond donors (Lipinski definition) is 1. The summed E-state index contributed by atoms with van der Waals surface area (Å²) in [6.45, 7) is 4.37. The molecule has 5 nitrogen and oxygen atoms in total. The minimum absolute atomic E-state index is 0.0229. The third kappa shape index (κ3) is 2.18. The second kappa shape index (κ2) is 4.04. The fourth-order valence-corrected chi connectivity index (χ4v) is 1.14. The zero-order chi connectivity index (χ0) is 10.7. The molecule has 0 aliphatic rings. The number of carbonyl (C=O) groups is 1. The smallest absolute Gasteiger partial charge is 0.300 e. The van der Waals surface area contributed by atoms with Crippen molar-refractivity contribution in [3.05, 3.63) is 32.6 Å². The van der Waals surface area contributed by atoms with Crippen LogP contribution in [0.25, 0.3) is 0 Å². The van der Waals surface area contributed by atoms with Crippen molar-refractivity contribution < 1.29 is 4.79 Å². The molecule has 0 spiro atoms. The molecule has 1 rings (SSSR count). The van der Waals surface area contributed by atoms with Gasteiger partial charge in [0.15, 0.2) is 6.29 Å². The summed E-state index contributed by atoms with van der Waals surface area (Å²) < 4.78 is 1.33. The summed E-state index contributed by atoms with van der Waals surface area (Å²) in [5.74, 6) is 0.276. The molecule has 0 atom stereocenters. The quantitative estimate of drug-likeness (QED) is 0.692. The largest absolute Gasteiger partial charge is 0.328 e. The van der Waals surface area contributed by atoms with Crippen LogP contribution in [0, 0.1) is 5.92 Å². The fourth-order valence-electron chi connectivity index (χ4n) is 1.14. The van der Waals surface area contributed by atoms with E-state index in [4.69, 9.17) is 0 Å². The van der Waals surface area contributed by atoms with Gasteiger partial charge < -0.3 is 0 Å². The minimum atomic E-state index is -0.634. The molecule has 0 aliphatic heterocycles. The number of hydrogen-bond acceptors (Lipinski definition) is 3. The average Bonchev–Trinajstić information content (AvgIpc) is 2.09. The van der Waals surface area contributed by atoms with Crippen LogP contribution in [0.1, 0.15) is 24.2 Å². The first-order valence-electron chi connectivity index (χ1n) is 4.33. The Morgan fingerprint density at radius 1 is 1.50 bits per heavy atom. The van der Waals surface area contributed by atoms with E-state index < -0.39 is 11.2 Å². The number of aromatic nitrogens is 2. The van der Waals surface area contributed by atoms with E-state index in [2.05, 4.69) is 4.98 Å². The number of nitrogens with zero attached hydrogens (tertiary/aromatic N) is 1. The Balaban J connectivity index is 3.24. The van der Waals surface area contributed by atoms with Gasteiger partial charge in [0, 0.05) is 12.7 Å². The van der Waals surface area contributed by atoms with Gasteiger partial charge >= 0.3 is 5.69 Å². The highest BCUT2D eigenvalue weighted by Gasteiger charge is 2.04. The molecule has 0 bridgehead atoms. The fraction of sp³-hybridized carbons (Fsp3) is 0.444. The van der Waals surface area contributed by atoms with Crippen LogP contribution < -0.4 is 11.2 Å². The van der Waals surface area contributed by atoms with Gasteiger partial charge in [-0.05, 0) is 5.92 Å². The summed E-state index contributed by atoms with van der Waals surface area (Å²) in [6.07, 6.45) is 1.73. The van der Waals surface area contributed by atoms with Gasteiger partial charge in [-0.2, -0.15) is 0 Å². The van der Waals surface area contributed by atoms with Crippen LogP contribution >= 0.6 is 0 Å². The molecule has 1 aromatic rings. The predicted octanol–water partition coefficient (Wildman–Crippen LogP) is 0.00510. The van der Waals surface area contributed by atoms with E-state index in [1.165, 1.54) is 10.8 Å². The van der Waals surface area contributed by atoms with Crippen molar-refractivity contribution in [1.82, 2.24) is 9.55 Å². The number of carbonyl (C=O) groups excluding carboxylic acids is 1. The van der Waals surface area contributed by atoms with E-state index in [0.717, 1.165) is 0 Å². The van der Waals surface area contributed by atoms with Crippen LogP contribution in [-0.2, 0) is 6.54 Å². The molecule has 1 N–H and O–H groups in total. The number of rotatable bonds is 3. The molecule has 0 fully saturated rings. The zero-order valence-corrected chi connectivity index (χ0v) is 8.11. The highest BCUT2D eigenvalue weighted by Crippen LogP contribution is 1.95. The van der Waals surface area contributed by atoms with Crippen molar-refractivity contribution >= 4 is 6.29 Å². The second-order valence-electron chi connectivity index (χ2n) is 3.51. The van der Waals surface area contributed by atoms with Crippen molar-refractivity contribution in [1.29, 1.82) is 0 Å². The predicted molar refractivity (Wildman–Crippen MR) is 51.5 cm³/mol. The van der Waals surface area contributed by atoms with Crippen LogP contribution in [-0.4, -0.2) is 15.8 Å². The molecule has 14 heavy (non-hydrogen) atoms. The van der Waals surface area contributed by atoms with Gasteiger partial charge in [-0.15, -0.1) is 0 Å². The third-order valence-corrected chi connectivity index (χ3v) is 1.73. The molecule has 0 unspecified atom stereocenters. The van der Waals surface area contributed by atoms with Gasteiger partial charge in [0.1, 0.15) is 0 Å². The molecule has 5 heteroatoms. The summed E-state index contributed by atoms with van der Waals surface area (Å²) in [5.41, 5.74) is -1.13. The lowest BCUT2D eigenvalue weighted by atomic mass is 10.2. The van der Waals surface area contributed by atoms with Gasteiger partial charge in [0.05, 0.1) is 5.56 Å². The standard InChI is InChI=1S/C9H12N2O3/c1-6(2)3-11-4-7(5-12)8(13)10-9(11)14/h4-6H,3H2,1-2H3,(H,10,13,14). The SMILES string of the molecule is CC(C)Cn1cc(C=O)c(=O)[nH]c1=O. The summed E-state index contributed by atoms with van der Waals surface area (Å²) in [6, 6.07) is 0. The Bertz CT molecular complexity index is 442. The van der Waals surface area contributed by atoms with Crippen LogP contribution in [0.15, 0.2) is 15.8 Å². The maximum atomic E-state index is 11.2. The molecule has 76 valence electrons. The van der Waals surface area contributed by atoms with E-state index in [9.17, 15) is 14.4 Å². The molecular weight excluding hydrogens is 184 g/mol. The number of nitrogens with one attached hydrogen (secondary N) is 1. The lowest BCUT2D eigenvalue weighted by Gasteiger charge is -2.07. The van der Waals surface area contributed by atoms with Crippen LogP contribution in [0.3, 0.4) is 0 Å². The summed E-state index contributed by atoms with van der Waals surface area (Å²) >= 11 is 0. The average molecular weight is 196 g/mol. The number of aromatic amines is 1. The molecule has 0 aliphatic carbocycles. The molecule has 0 aromatic carbocycles. The molecule has 1 aromatic heterocycles. The van der Waals surface area contributed by atoms with Gasteiger partial charge in [-0.1, -0.05) is 13.8 Å². The van der Waals surface area contributed by atoms with Gasteiger partial charge in [0.2, 0.25) is 0 Å². The summed E-state index contributed by atoms with van der Waals surface area (Å²) in [5, 5.41) is 0. The highest BCUT2D eigenvalue weighted by atomic mass is 16.2. The Kier molecular flexibility index (Phi) is 3.01. The van der Waals surface area contributed by atoms with Crippen molar-refractivity contribution in [3.8, 4) is 0 Å². The first-order chi connectivity index (χ1) is 6.54. The van der Waals surface area contributed by atoms with Gasteiger partial charge in [-0.3, -0.25) is 19.1 Å². The van der Waals surface area contributed by atoms with Gasteiger partial charge in [-0.25, -0.2) is 4.79 Å². The maximum Gasteiger partial charge on any atom is 0.328 e. The number of aldehydes is 1. The highest BCUT2D eigenvalue weighted by molar-refractivity contribution is 5.73. The van der Waals surface area contributed by atoms with Crippen LogP contribution in [0.2, 0.25) is 0 Å². The molecule has 0 saturated carbocycles. The van der Waals surface area contributed by atoms with E-state index in [1.807, 2.05) is 13.8 Å². The zero-order valence-electron chi connectivity index (χ0n) is 8.11. The maximum absolute atomic E-state index is 11.2. The summed E-state index contributed by atoms with van der Waals surface area (Å²) in [4.78, 5) is 34.8.